The number of hydrogen-bond donors (Lipinski definition) is 1. The molecule has 2 fully saturated rings. The van der Waals surface area contributed by atoms with Crippen molar-refractivity contribution in [2.24, 2.45) is 0 Å². The lowest BCUT2D eigenvalue weighted by atomic mass is 10.1. The van der Waals surface area contributed by atoms with E-state index >= 15 is 0 Å². The number of nitrogens with one attached hydrogen (secondary N) is 1. The van der Waals surface area contributed by atoms with Gasteiger partial charge in [-0.1, -0.05) is 18.2 Å². The summed E-state index contributed by atoms with van der Waals surface area (Å²) in [5, 5.41) is 3.21. The molecule has 0 spiro atoms. The molecule has 35 heavy (non-hydrogen) atoms. The van der Waals surface area contributed by atoms with E-state index in [2.05, 4.69) is 20.2 Å². The molecule has 0 saturated carbocycles. The molecule has 3 aromatic rings. The predicted octanol–water partition coefficient (Wildman–Crippen LogP) is 3.83. The maximum atomic E-state index is 13.1. The van der Waals surface area contributed by atoms with Gasteiger partial charge < -0.3 is 19.7 Å². The van der Waals surface area contributed by atoms with Crippen molar-refractivity contribution in [1.82, 2.24) is 19.8 Å². The minimum Gasteiger partial charge on any atom is -0.497 e. The molecule has 5 rings (SSSR count). The maximum Gasteiger partial charge on any atom is 0.254 e. The van der Waals surface area contributed by atoms with Crippen LogP contribution in [0.5, 0.6) is 5.75 Å². The van der Waals surface area contributed by atoms with E-state index in [1.807, 2.05) is 53.4 Å². The van der Waals surface area contributed by atoms with Crippen LogP contribution in [-0.2, 0) is 4.74 Å². The molecule has 0 radical (unpaired) electrons. The number of nitrogens with zero attached hydrogens (tertiary/aromatic N) is 4. The summed E-state index contributed by atoms with van der Waals surface area (Å²) < 4.78 is 11.0. The largest absolute Gasteiger partial charge is 0.497 e. The van der Waals surface area contributed by atoms with Crippen LogP contribution in [0, 0.1) is 0 Å². The molecule has 2 aliphatic heterocycles. The van der Waals surface area contributed by atoms with E-state index in [4.69, 9.17) is 9.47 Å². The Balaban J connectivity index is 1.17. The standard InChI is InChI=1S/C27H31N5O3/c1-34-24-9-7-20(8-10-24)22-17-28-27(29-18-22)30-23-5-2-4-21(16-23)26(33)32-13-11-31(12-14-32)19-25-6-3-15-35-25/h2,4-5,7-10,16-18,25H,3,6,11-15,19H2,1H3,(H,28,29,30). The van der Waals surface area contributed by atoms with Crippen LogP contribution in [0.3, 0.4) is 0 Å². The van der Waals surface area contributed by atoms with E-state index in [1.54, 1.807) is 19.5 Å². The third kappa shape index (κ3) is 5.78. The van der Waals surface area contributed by atoms with E-state index in [9.17, 15) is 4.79 Å². The molecule has 1 aromatic heterocycles. The number of benzene rings is 2. The molecule has 2 aliphatic rings. The highest BCUT2D eigenvalue weighted by Gasteiger charge is 2.25. The number of hydrogen-bond acceptors (Lipinski definition) is 7. The molecule has 2 saturated heterocycles. The zero-order valence-corrected chi connectivity index (χ0v) is 20.0. The molecular weight excluding hydrogens is 442 g/mol. The van der Waals surface area contributed by atoms with E-state index in [0.29, 0.717) is 17.6 Å². The van der Waals surface area contributed by atoms with Gasteiger partial charge in [0, 0.05) is 68.5 Å². The molecule has 0 aliphatic carbocycles. The van der Waals surface area contributed by atoms with Gasteiger partial charge in [-0.25, -0.2) is 9.97 Å². The number of rotatable bonds is 7. The first-order valence-electron chi connectivity index (χ1n) is 12.1. The van der Waals surface area contributed by atoms with Crippen LogP contribution in [0.25, 0.3) is 11.1 Å². The Morgan fingerprint density at radius 2 is 1.83 bits per heavy atom. The lowest BCUT2D eigenvalue weighted by molar-refractivity contribution is 0.0433. The van der Waals surface area contributed by atoms with Gasteiger partial charge in [-0.05, 0) is 48.7 Å². The number of carbonyl (C=O) groups is 1. The average molecular weight is 474 g/mol. The minimum absolute atomic E-state index is 0.0567. The van der Waals surface area contributed by atoms with Crippen LogP contribution in [0.4, 0.5) is 11.6 Å². The van der Waals surface area contributed by atoms with Crippen LogP contribution in [-0.4, -0.2) is 78.2 Å². The summed E-state index contributed by atoms with van der Waals surface area (Å²) in [6.07, 6.45) is 6.22. The second kappa shape index (κ2) is 10.8. The van der Waals surface area contributed by atoms with Gasteiger partial charge in [-0.3, -0.25) is 9.69 Å². The zero-order chi connectivity index (χ0) is 24.0. The summed E-state index contributed by atoms with van der Waals surface area (Å²) in [6.45, 7) is 5.10. The highest BCUT2D eigenvalue weighted by atomic mass is 16.5. The van der Waals surface area contributed by atoms with Crippen molar-refractivity contribution in [2.75, 3.05) is 51.8 Å². The number of methoxy groups -OCH3 is 1. The molecule has 8 heteroatoms. The maximum absolute atomic E-state index is 13.1. The van der Waals surface area contributed by atoms with Crippen LogP contribution in [0.2, 0.25) is 0 Å². The van der Waals surface area contributed by atoms with Gasteiger partial charge in [0.2, 0.25) is 5.95 Å². The quantitative estimate of drug-likeness (QED) is 0.559. The fraction of sp³-hybridized carbons (Fsp3) is 0.370. The minimum atomic E-state index is 0.0567. The highest BCUT2D eigenvalue weighted by Crippen LogP contribution is 2.23. The van der Waals surface area contributed by atoms with E-state index in [0.717, 1.165) is 74.7 Å². The van der Waals surface area contributed by atoms with Crippen LogP contribution in [0.1, 0.15) is 23.2 Å². The summed E-state index contributed by atoms with van der Waals surface area (Å²) in [4.78, 5) is 26.3. The number of anilines is 2. The zero-order valence-electron chi connectivity index (χ0n) is 20.0. The highest BCUT2D eigenvalue weighted by molar-refractivity contribution is 5.95. The molecular formula is C27H31N5O3. The van der Waals surface area contributed by atoms with Crippen molar-refractivity contribution in [3.05, 3.63) is 66.5 Å². The Morgan fingerprint density at radius 1 is 1.06 bits per heavy atom. The van der Waals surface area contributed by atoms with Gasteiger partial charge >= 0.3 is 0 Å². The Labute approximate surface area is 205 Å². The fourth-order valence-electron chi connectivity index (χ4n) is 4.58. The van der Waals surface area contributed by atoms with Crippen molar-refractivity contribution in [2.45, 2.75) is 18.9 Å². The van der Waals surface area contributed by atoms with Crippen molar-refractivity contribution >= 4 is 17.5 Å². The van der Waals surface area contributed by atoms with Crippen LogP contribution < -0.4 is 10.1 Å². The monoisotopic (exact) mass is 473 g/mol. The molecule has 1 unspecified atom stereocenters. The Morgan fingerprint density at radius 3 is 2.51 bits per heavy atom. The van der Waals surface area contributed by atoms with Crippen molar-refractivity contribution in [3.8, 4) is 16.9 Å². The first kappa shape index (κ1) is 23.3. The third-order valence-electron chi connectivity index (χ3n) is 6.59. The van der Waals surface area contributed by atoms with Crippen LogP contribution in [0.15, 0.2) is 60.9 Å². The molecule has 8 nitrogen and oxygen atoms in total. The SMILES string of the molecule is COc1ccc(-c2cnc(Nc3cccc(C(=O)N4CCN(CC5CCCO5)CC4)c3)nc2)cc1. The normalized spacial score (nSPS) is 18.4. The van der Waals surface area contributed by atoms with Crippen molar-refractivity contribution < 1.29 is 14.3 Å². The first-order valence-corrected chi connectivity index (χ1v) is 12.1. The summed E-state index contributed by atoms with van der Waals surface area (Å²) in [5.41, 5.74) is 3.38. The summed E-state index contributed by atoms with van der Waals surface area (Å²) >= 11 is 0. The fourth-order valence-corrected chi connectivity index (χ4v) is 4.58. The smallest absolute Gasteiger partial charge is 0.254 e. The number of piperazine rings is 1. The van der Waals surface area contributed by atoms with E-state index in [-0.39, 0.29) is 5.91 Å². The summed E-state index contributed by atoms with van der Waals surface area (Å²) in [5.74, 6) is 1.35. The molecule has 2 aromatic carbocycles. The lowest BCUT2D eigenvalue weighted by Crippen LogP contribution is -2.50. The van der Waals surface area contributed by atoms with Crippen LogP contribution >= 0.6 is 0 Å². The molecule has 0 bridgehead atoms. The number of ether oxygens (including phenoxy) is 2. The second-order valence-electron chi connectivity index (χ2n) is 8.96. The third-order valence-corrected chi connectivity index (χ3v) is 6.59. The number of amides is 1. The molecule has 1 amide bonds. The number of aromatic nitrogens is 2. The second-order valence-corrected chi connectivity index (χ2v) is 8.96. The Kier molecular flexibility index (Phi) is 7.20. The molecule has 1 N–H and O–H groups in total. The van der Waals surface area contributed by atoms with Gasteiger partial charge in [-0.2, -0.15) is 0 Å². The molecule has 1 atom stereocenters. The van der Waals surface area contributed by atoms with E-state index in [1.165, 1.54) is 0 Å². The summed E-state index contributed by atoms with van der Waals surface area (Å²) in [7, 11) is 1.65. The van der Waals surface area contributed by atoms with Gasteiger partial charge in [0.05, 0.1) is 13.2 Å². The van der Waals surface area contributed by atoms with Gasteiger partial charge in [0.15, 0.2) is 0 Å². The molecule has 182 valence electrons. The van der Waals surface area contributed by atoms with Gasteiger partial charge in [-0.15, -0.1) is 0 Å². The topological polar surface area (TPSA) is 79.8 Å². The molecule has 3 heterocycles. The average Bonchev–Trinajstić information content (AvgIpc) is 3.42. The first-order chi connectivity index (χ1) is 17.2. The Hall–Kier alpha value is -3.49. The lowest BCUT2D eigenvalue weighted by Gasteiger charge is -2.35. The number of carbonyl (C=O) groups excluding carboxylic acids is 1. The van der Waals surface area contributed by atoms with Crippen molar-refractivity contribution in [3.63, 3.8) is 0 Å². The predicted molar refractivity (Wildman–Crippen MR) is 135 cm³/mol. The van der Waals surface area contributed by atoms with Gasteiger partial charge in [0.1, 0.15) is 5.75 Å². The summed E-state index contributed by atoms with van der Waals surface area (Å²) in [6, 6.07) is 15.3. The van der Waals surface area contributed by atoms with E-state index < -0.39 is 0 Å². The Bertz CT molecular complexity index is 1120. The van der Waals surface area contributed by atoms with Crippen molar-refractivity contribution in [1.29, 1.82) is 0 Å². The van der Waals surface area contributed by atoms with Gasteiger partial charge in [0.25, 0.3) is 5.91 Å².